The zero-order valence-electron chi connectivity index (χ0n) is 18.1. The molecule has 5 heteroatoms. The van der Waals surface area contributed by atoms with E-state index in [-0.39, 0.29) is 6.04 Å². The molecule has 0 spiro atoms. The Hall–Kier alpha value is -2.34. The van der Waals surface area contributed by atoms with Crippen molar-refractivity contribution in [3.05, 3.63) is 77.2 Å². The lowest BCUT2D eigenvalue weighted by Crippen LogP contribution is -2.42. The number of benzene rings is 1. The fourth-order valence-electron chi connectivity index (χ4n) is 5.34. The van der Waals surface area contributed by atoms with E-state index in [9.17, 15) is 5.11 Å². The van der Waals surface area contributed by atoms with Gasteiger partial charge in [-0.2, -0.15) is 0 Å². The van der Waals surface area contributed by atoms with Crippen LogP contribution in [0.5, 0.6) is 0 Å². The first kappa shape index (κ1) is 20.6. The number of aliphatic hydroxyl groups is 1. The number of piperidine rings is 1. The number of nitrogens with two attached hydrogens (primary N) is 1. The lowest BCUT2D eigenvalue weighted by atomic mass is 9.80. The van der Waals surface area contributed by atoms with Crippen molar-refractivity contribution >= 4 is 5.57 Å². The molecule has 4 aliphatic rings. The summed E-state index contributed by atoms with van der Waals surface area (Å²) in [6, 6.07) is 11.1. The first-order valence-corrected chi connectivity index (χ1v) is 11.7. The molecule has 0 amide bonds. The van der Waals surface area contributed by atoms with Crippen molar-refractivity contribution in [1.82, 2.24) is 15.5 Å². The lowest BCUT2D eigenvalue weighted by Gasteiger charge is -2.37. The van der Waals surface area contributed by atoms with Gasteiger partial charge in [0.2, 0.25) is 0 Å². The van der Waals surface area contributed by atoms with Crippen LogP contribution < -0.4 is 16.4 Å². The van der Waals surface area contributed by atoms with Crippen molar-refractivity contribution < 1.29 is 5.11 Å². The van der Waals surface area contributed by atoms with Crippen LogP contribution in [0.4, 0.5) is 0 Å². The summed E-state index contributed by atoms with van der Waals surface area (Å²) in [5.74, 6) is 0.737. The minimum Gasteiger partial charge on any atom is -0.374 e. The normalized spacial score (nSPS) is 29.5. The number of rotatable bonds is 4. The van der Waals surface area contributed by atoms with Gasteiger partial charge >= 0.3 is 0 Å². The van der Waals surface area contributed by atoms with Crippen molar-refractivity contribution in [2.45, 2.75) is 50.4 Å². The Morgan fingerprint density at radius 1 is 1.10 bits per heavy atom. The van der Waals surface area contributed by atoms with Gasteiger partial charge in [0, 0.05) is 30.1 Å². The van der Waals surface area contributed by atoms with Crippen LogP contribution in [0.2, 0.25) is 0 Å². The Balaban J connectivity index is 1.33. The van der Waals surface area contributed by atoms with Crippen LogP contribution in [-0.4, -0.2) is 48.0 Å². The van der Waals surface area contributed by atoms with E-state index in [4.69, 9.17) is 5.73 Å². The first-order chi connectivity index (χ1) is 15.2. The topological polar surface area (TPSA) is 73.5 Å². The quantitative estimate of drug-likeness (QED) is 0.566. The van der Waals surface area contributed by atoms with Gasteiger partial charge in [0.25, 0.3) is 0 Å². The first-order valence-electron chi connectivity index (χ1n) is 11.7. The van der Waals surface area contributed by atoms with Gasteiger partial charge in [0.15, 0.2) is 6.23 Å². The number of allylic oxidation sites excluding steroid dienone is 2. The number of nitrogens with zero attached hydrogens (tertiary/aromatic N) is 1. The number of dihydropyridines is 2. The van der Waals surface area contributed by atoms with Crippen molar-refractivity contribution in [3.8, 4) is 0 Å². The van der Waals surface area contributed by atoms with E-state index in [1.54, 1.807) is 0 Å². The van der Waals surface area contributed by atoms with Crippen LogP contribution in [-0.2, 0) is 0 Å². The Kier molecular flexibility index (Phi) is 5.99. The Labute approximate surface area is 185 Å². The third-order valence-electron chi connectivity index (χ3n) is 7.21. The fourth-order valence-corrected chi connectivity index (χ4v) is 5.34. The number of aliphatic hydroxyl groups excluding tert-OH is 1. The van der Waals surface area contributed by atoms with Gasteiger partial charge in [0.1, 0.15) is 0 Å². The van der Waals surface area contributed by atoms with Crippen molar-refractivity contribution in [2.75, 3.05) is 19.6 Å². The summed E-state index contributed by atoms with van der Waals surface area (Å²) >= 11 is 0. The molecule has 1 aromatic carbocycles. The van der Waals surface area contributed by atoms with Gasteiger partial charge in [-0.15, -0.1) is 0 Å². The van der Waals surface area contributed by atoms with Crippen LogP contribution in [0.3, 0.4) is 0 Å². The fraction of sp³-hybridized carbons (Fsp3) is 0.462. The molecule has 1 aliphatic carbocycles. The molecule has 1 saturated heterocycles. The molecule has 0 radical (unpaired) electrons. The van der Waals surface area contributed by atoms with E-state index in [1.165, 1.54) is 29.7 Å². The molecule has 3 heterocycles. The molecule has 3 unspecified atom stereocenters. The molecule has 1 aromatic rings. The molecule has 3 atom stereocenters. The zero-order valence-corrected chi connectivity index (χ0v) is 18.1. The molecule has 164 valence electrons. The summed E-state index contributed by atoms with van der Waals surface area (Å²) < 4.78 is 0. The summed E-state index contributed by atoms with van der Waals surface area (Å²) in [6.45, 7) is 3.50. The van der Waals surface area contributed by atoms with Crippen LogP contribution in [0, 0.1) is 5.92 Å². The second-order valence-electron chi connectivity index (χ2n) is 9.37. The molecule has 0 aromatic heterocycles. The van der Waals surface area contributed by atoms with Gasteiger partial charge in [-0.3, -0.25) is 0 Å². The van der Waals surface area contributed by atoms with E-state index in [0.717, 1.165) is 56.0 Å². The minimum absolute atomic E-state index is 0.157. The van der Waals surface area contributed by atoms with E-state index < -0.39 is 6.23 Å². The summed E-state index contributed by atoms with van der Waals surface area (Å²) in [7, 11) is 0. The average Bonchev–Trinajstić information content (AvgIpc) is 2.81. The van der Waals surface area contributed by atoms with E-state index in [2.05, 4.69) is 58.0 Å². The molecule has 5 N–H and O–H groups in total. The predicted octanol–water partition coefficient (Wildman–Crippen LogP) is 2.88. The summed E-state index contributed by atoms with van der Waals surface area (Å²) in [5, 5.41) is 17.2. The monoisotopic (exact) mass is 418 g/mol. The van der Waals surface area contributed by atoms with Gasteiger partial charge in [-0.25, -0.2) is 0 Å². The molecule has 31 heavy (non-hydrogen) atoms. The molecule has 0 bridgehead atoms. The third kappa shape index (κ3) is 4.49. The highest BCUT2D eigenvalue weighted by Crippen LogP contribution is 2.36. The van der Waals surface area contributed by atoms with Gasteiger partial charge < -0.3 is 26.4 Å². The summed E-state index contributed by atoms with van der Waals surface area (Å²) in [5.41, 5.74) is 11.9. The SMILES string of the molecule is NC1CCN(CC2CC=C(C3NC4=C(C=C3c3ccccc3)C(O)NC=C4)CC2)CC1. The summed E-state index contributed by atoms with van der Waals surface area (Å²) in [4.78, 5) is 2.61. The minimum atomic E-state index is -0.672. The van der Waals surface area contributed by atoms with Crippen LogP contribution >= 0.6 is 0 Å². The van der Waals surface area contributed by atoms with E-state index in [1.807, 2.05) is 12.3 Å². The second-order valence-corrected chi connectivity index (χ2v) is 9.37. The average molecular weight is 419 g/mol. The molecule has 1 fully saturated rings. The van der Waals surface area contributed by atoms with Crippen LogP contribution in [0.15, 0.2) is 71.6 Å². The molecular formula is C26H34N4O. The Morgan fingerprint density at radius 2 is 1.90 bits per heavy atom. The molecule has 3 aliphatic heterocycles. The lowest BCUT2D eigenvalue weighted by molar-refractivity contribution is 0.177. The highest BCUT2D eigenvalue weighted by atomic mass is 16.3. The maximum Gasteiger partial charge on any atom is 0.152 e. The van der Waals surface area contributed by atoms with Crippen LogP contribution in [0.25, 0.3) is 5.57 Å². The van der Waals surface area contributed by atoms with Gasteiger partial charge in [-0.1, -0.05) is 36.4 Å². The second kappa shape index (κ2) is 9.03. The smallest absolute Gasteiger partial charge is 0.152 e. The molecular weight excluding hydrogens is 384 g/mol. The standard InChI is InChI=1S/C26H34N4O/c27-21-11-14-30(15-12-21)17-18-6-8-20(9-7-18)25-22(19-4-2-1-3-5-19)16-23-24(29-25)10-13-28-26(23)31/h1-5,8,10,13,16,18,21,25-26,28-29,31H,6-7,9,11-12,14-15,17,27H2. The zero-order chi connectivity index (χ0) is 21.2. The highest BCUT2D eigenvalue weighted by molar-refractivity contribution is 5.77. The van der Waals surface area contributed by atoms with Gasteiger partial charge in [-0.05, 0) is 80.0 Å². The number of likely N-dealkylation sites (tertiary alicyclic amines) is 1. The highest BCUT2D eigenvalue weighted by Gasteiger charge is 2.31. The third-order valence-corrected chi connectivity index (χ3v) is 7.21. The van der Waals surface area contributed by atoms with Gasteiger partial charge in [0.05, 0.1) is 6.04 Å². The van der Waals surface area contributed by atoms with E-state index >= 15 is 0 Å². The van der Waals surface area contributed by atoms with Crippen molar-refractivity contribution in [2.24, 2.45) is 11.7 Å². The van der Waals surface area contributed by atoms with Crippen molar-refractivity contribution in [3.63, 3.8) is 0 Å². The maximum atomic E-state index is 10.4. The Morgan fingerprint density at radius 3 is 2.65 bits per heavy atom. The predicted molar refractivity (Wildman–Crippen MR) is 126 cm³/mol. The van der Waals surface area contributed by atoms with Crippen molar-refractivity contribution in [1.29, 1.82) is 0 Å². The number of hydrogen-bond acceptors (Lipinski definition) is 5. The Bertz CT molecular complexity index is 909. The number of hydrogen-bond donors (Lipinski definition) is 4. The van der Waals surface area contributed by atoms with Crippen LogP contribution in [0.1, 0.15) is 37.7 Å². The maximum absolute atomic E-state index is 10.4. The molecule has 5 rings (SSSR count). The summed E-state index contributed by atoms with van der Waals surface area (Å²) in [6.07, 6.45) is 13.6. The molecule has 5 nitrogen and oxygen atoms in total. The van der Waals surface area contributed by atoms with E-state index in [0.29, 0.717) is 6.04 Å². The largest absolute Gasteiger partial charge is 0.374 e. The number of nitrogens with one attached hydrogen (secondary N) is 2. The molecule has 0 saturated carbocycles.